The normalized spacial score (nSPS) is 14.9. The third-order valence-electron chi connectivity index (χ3n) is 2.93. The van der Waals surface area contributed by atoms with Crippen molar-refractivity contribution in [1.29, 1.82) is 0 Å². The first-order chi connectivity index (χ1) is 8.95. The van der Waals surface area contributed by atoms with Crippen molar-refractivity contribution in [3.05, 3.63) is 15.6 Å². The quantitative estimate of drug-likeness (QED) is 0.861. The van der Waals surface area contributed by atoms with Crippen molar-refractivity contribution in [2.45, 2.75) is 39.4 Å². The molecule has 1 aromatic heterocycles. The number of nitrogens with zero attached hydrogens (tertiary/aromatic N) is 3. The molecular formula is C13H22N4S2. The molecule has 0 radical (unpaired) electrons. The number of hydrogen-bond donors (Lipinski definition) is 1. The molecule has 0 amide bonds. The van der Waals surface area contributed by atoms with Crippen LogP contribution in [0.1, 0.15) is 29.4 Å². The van der Waals surface area contributed by atoms with Crippen LogP contribution in [0, 0.1) is 0 Å². The Hall–Kier alpha value is -0.720. The minimum absolute atomic E-state index is 0.389. The van der Waals surface area contributed by atoms with Gasteiger partial charge in [0, 0.05) is 30.4 Å². The second-order valence-electron chi connectivity index (χ2n) is 5.49. The topological polar surface area (TPSA) is 31.4 Å². The summed E-state index contributed by atoms with van der Waals surface area (Å²) in [7, 11) is 4.16. The summed E-state index contributed by atoms with van der Waals surface area (Å²) in [5.41, 5.74) is 1.27. The van der Waals surface area contributed by atoms with Gasteiger partial charge in [-0.3, -0.25) is 0 Å². The Bertz CT molecular complexity index is 453. The van der Waals surface area contributed by atoms with E-state index in [1.165, 1.54) is 15.6 Å². The van der Waals surface area contributed by atoms with Gasteiger partial charge >= 0.3 is 0 Å². The fourth-order valence-corrected chi connectivity index (χ4v) is 3.74. The van der Waals surface area contributed by atoms with Crippen LogP contribution >= 0.6 is 23.6 Å². The Labute approximate surface area is 124 Å². The van der Waals surface area contributed by atoms with E-state index in [4.69, 9.17) is 17.2 Å². The minimum Gasteiger partial charge on any atom is -0.360 e. The summed E-state index contributed by atoms with van der Waals surface area (Å²) >= 11 is 7.27. The van der Waals surface area contributed by atoms with Crippen molar-refractivity contribution < 1.29 is 0 Å². The SMILES string of the molecule is CC(C)NC(=S)N1CCc2nc(CN(C)C)sc2C1. The molecule has 0 aromatic carbocycles. The van der Waals surface area contributed by atoms with E-state index >= 15 is 0 Å². The van der Waals surface area contributed by atoms with E-state index in [2.05, 4.69) is 43.1 Å². The Balaban J connectivity index is 2.03. The largest absolute Gasteiger partial charge is 0.360 e. The minimum atomic E-state index is 0.389. The standard InChI is InChI=1S/C13H22N4S2/c1-9(2)14-13(18)17-6-5-10-11(7-17)19-12(15-10)8-16(3)4/h9H,5-8H2,1-4H3,(H,14,18). The van der Waals surface area contributed by atoms with Crippen LogP contribution in [0.4, 0.5) is 0 Å². The number of thiazole rings is 1. The molecule has 1 N–H and O–H groups in total. The number of nitrogens with one attached hydrogen (secondary N) is 1. The highest BCUT2D eigenvalue weighted by Gasteiger charge is 2.22. The number of thiocarbonyl (C=S) groups is 1. The van der Waals surface area contributed by atoms with E-state index in [0.717, 1.165) is 31.2 Å². The zero-order chi connectivity index (χ0) is 14.0. The van der Waals surface area contributed by atoms with E-state index in [1.807, 2.05) is 11.3 Å². The van der Waals surface area contributed by atoms with Crippen LogP contribution in [0.15, 0.2) is 0 Å². The zero-order valence-electron chi connectivity index (χ0n) is 12.1. The van der Waals surface area contributed by atoms with Gasteiger partial charge in [-0.25, -0.2) is 4.98 Å². The smallest absolute Gasteiger partial charge is 0.169 e. The van der Waals surface area contributed by atoms with Gasteiger partial charge in [0.1, 0.15) is 5.01 Å². The molecule has 0 bridgehead atoms. The predicted molar refractivity (Wildman–Crippen MR) is 84.5 cm³/mol. The molecule has 2 rings (SSSR count). The molecule has 0 saturated heterocycles. The van der Waals surface area contributed by atoms with Gasteiger partial charge in [0.25, 0.3) is 0 Å². The second-order valence-corrected chi connectivity index (χ2v) is 7.05. The van der Waals surface area contributed by atoms with Gasteiger partial charge in [-0.05, 0) is 40.2 Å². The Morgan fingerprint density at radius 2 is 2.26 bits per heavy atom. The fourth-order valence-electron chi connectivity index (χ4n) is 2.10. The molecule has 106 valence electrons. The Morgan fingerprint density at radius 1 is 1.53 bits per heavy atom. The summed E-state index contributed by atoms with van der Waals surface area (Å²) in [6.07, 6.45) is 0.999. The van der Waals surface area contributed by atoms with E-state index in [1.54, 1.807) is 0 Å². The van der Waals surface area contributed by atoms with Crippen LogP contribution < -0.4 is 5.32 Å². The molecule has 1 aliphatic heterocycles. The van der Waals surface area contributed by atoms with Gasteiger partial charge in [0.15, 0.2) is 5.11 Å². The monoisotopic (exact) mass is 298 g/mol. The molecular weight excluding hydrogens is 276 g/mol. The lowest BCUT2D eigenvalue weighted by Gasteiger charge is -2.29. The average molecular weight is 298 g/mol. The molecule has 0 fully saturated rings. The molecule has 0 aliphatic carbocycles. The van der Waals surface area contributed by atoms with Gasteiger partial charge in [0.05, 0.1) is 12.2 Å². The van der Waals surface area contributed by atoms with Crippen molar-refractivity contribution >= 4 is 28.7 Å². The summed E-state index contributed by atoms with van der Waals surface area (Å²) in [5.74, 6) is 0. The summed E-state index contributed by atoms with van der Waals surface area (Å²) in [6.45, 7) is 7.02. The molecule has 1 aliphatic rings. The van der Waals surface area contributed by atoms with Gasteiger partial charge in [0.2, 0.25) is 0 Å². The van der Waals surface area contributed by atoms with E-state index in [9.17, 15) is 0 Å². The first-order valence-corrected chi connectivity index (χ1v) is 7.86. The van der Waals surface area contributed by atoms with Crippen molar-refractivity contribution in [3.8, 4) is 0 Å². The lowest BCUT2D eigenvalue weighted by molar-refractivity contribution is 0.383. The maximum absolute atomic E-state index is 5.45. The molecule has 4 nitrogen and oxygen atoms in total. The third kappa shape index (κ3) is 3.87. The highest BCUT2D eigenvalue weighted by molar-refractivity contribution is 7.80. The number of hydrogen-bond acceptors (Lipinski definition) is 4. The lowest BCUT2D eigenvalue weighted by atomic mass is 10.2. The maximum atomic E-state index is 5.45. The van der Waals surface area contributed by atoms with E-state index in [-0.39, 0.29) is 0 Å². The van der Waals surface area contributed by atoms with Crippen LogP contribution in [0.3, 0.4) is 0 Å². The Kier molecular flexibility index (Phi) is 4.76. The molecule has 0 atom stereocenters. The summed E-state index contributed by atoms with van der Waals surface area (Å²) in [4.78, 5) is 10.5. The summed E-state index contributed by atoms with van der Waals surface area (Å²) < 4.78 is 0. The van der Waals surface area contributed by atoms with Crippen molar-refractivity contribution in [3.63, 3.8) is 0 Å². The number of fused-ring (bicyclic) bond motifs is 1. The highest BCUT2D eigenvalue weighted by atomic mass is 32.1. The molecule has 0 saturated carbocycles. The van der Waals surface area contributed by atoms with E-state index < -0.39 is 0 Å². The summed E-state index contributed by atoms with van der Waals surface area (Å²) in [6, 6.07) is 0.389. The van der Waals surface area contributed by atoms with Crippen molar-refractivity contribution in [1.82, 2.24) is 20.1 Å². The molecule has 19 heavy (non-hydrogen) atoms. The third-order valence-corrected chi connectivity index (χ3v) is 4.37. The van der Waals surface area contributed by atoms with Gasteiger partial charge in [-0.15, -0.1) is 11.3 Å². The molecule has 6 heteroatoms. The van der Waals surface area contributed by atoms with Crippen LogP contribution in [0.5, 0.6) is 0 Å². The molecule has 2 heterocycles. The van der Waals surface area contributed by atoms with Gasteiger partial charge in [-0.1, -0.05) is 0 Å². The highest BCUT2D eigenvalue weighted by Crippen LogP contribution is 2.25. The van der Waals surface area contributed by atoms with E-state index in [0.29, 0.717) is 6.04 Å². The predicted octanol–water partition coefficient (Wildman–Crippen LogP) is 1.85. The fraction of sp³-hybridized carbons (Fsp3) is 0.692. The number of aromatic nitrogens is 1. The van der Waals surface area contributed by atoms with Crippen molar-refractivity contribution in [2.75, 3.05) is 20.6 Å². The van der Waals surface area contributed by atoms with Crippen LogP contribution in [-0.4, -0.2) is 46.6 Å². The Morgan fingerprint density at radius 3 is 2.89 bits per heavy atom. The average Bonchev–Trinajstić information content (AvgIpc) is 2.67. The second kappa shape index (κ2) is 6.15. The zero-order valence-corrected chi connectivity index (χ0v) is 13.7. The molecule has 1 aromatic rings. The first-order valence-electron chi connectivity index (χ1n) is 6.63. The summed E-state index contributed by atoms with van der Waals surface area (Å²) in [5, 5.41) is 5.39. The molecule has 0 spiro atoms. The van der Waals surface area contributed by atoms with Gasteiger partial charge in [-0.2, -0.15) is 0 Å². The van der Waals surface area contributed by atoms with Gasteiger partial charge < -0.3 is 15.1 Å². The maximum Gasteiger partial charge on any atom is 0.169 e. The molecule has 0 unspecified atom stereocenters. The van der Waals surface area contributed by atoms with Crippen molar-refractivity contribution in [2.24, 2.45) is 0 Å². The van der Waals surface area contributed by atoms with Crippen LogP contribution in [0.25, 0.3) is 0 Å². The number of rotatable bonds is 3. The van der Waals surface area contributed by atoms with Crippen LogP contribution in [0.2, 0.25) is 0 Å². The van der Waals surface area contributed by atoms with Crippen LogP contribution in [-0.2, 0) is 19.5 Å². The first kappa shape index (κ1) is 14.7. The lowest BCUT2D eigenvalue weighted by Crippen LogP contribution is -2.44.